The lowest BCUT2D eigenvalue weighted by molar-refractivity contribution is -0.148. The Morgan fingerprint density at radius 1 is 1.38 bits per heavy atom. The fourth-order valence-electron chi connectivity index (χ4n) is 2.17. The van der Waals surface area contributed by atoms with Crippen LogP contribution in [0.25, 0.3) is 0 Å². The first-order valence-electron chi connectivity index (χ1n) is 7.12. The number of carbonyl (C=O) groups is 1. The molecule has 2 unspecified atom stereocenters. The van der Waals surface area contributed by atoms with Crippen molar-refractivity contribution in [1.29, 1.82) is 0 Å². The number of hydrogen-bond donors (Lipinski definition) is 1. The summed E-state index contributed by atoms with van der Waals surface area (Å²) < 4.78 is 16.1. The van der Waals surface area contributed by atoms with Crippen LogP contribution in [0.3, 0.4) is 0 Å². The molecule has 0 saturated carbocycles. The standard InChI is InChI=1S/C16H25NO4/c1-6-20-13-8-7-9-14(10-13)21-12(2)11-16(3,17-4)15(18)19-5/h7-10,12,17H,6,11H2,1-5H3. The third-order valence-corrected chi connectivity index (χ3v) is 3.34. The summed E-state index contributed by atoms with van der Waals surface area (Å²) in [6, 6.07) is 7.47. The fraction of sp³-hybridized carbons (Fsp3) is 0.562. The van der Waals surface area contributed by atoms with Crippen LogP contribution < -0.4 is 14.8 Å². The lowest BCUT2D eigenvalue weighted by Gasteiger charge is -2.29. The Hall–Kier alpha value is -1.75. The Morgan fingerprint density at radius 2 is 2.05 bits per heavy atom. The van der Waals surface area contributed by atoms with E-state index < -0.39 is 5.54 Å². The normalized spacial score (nSPS) is 14.9. The number of methoxy groups -OCH3 is 1. The summed E-state index contributed by atoms with van der Waals surface area (Å²) >= 11 is 0. The van der Waals surface area contributed by atoms with Gasteiger partial charge in [-0.1, -0.05) is 6.07 Å². The lowest BCUT2D eigenvalue weighted by atomic mass is 9.95. The van der Waals surface area contributed by atoms with Crippen LogP contribution >= 0.6 is 0 Å². The maximum Gasteiger partial charge on any atom is 0.325 e. The maximum absolute atomic E-state index is 11.8. The highest BCUT2D eigenvalue weighted by Crippen LogP contribution is 2.23. The Balaban J connectivity index is 2.70. The molecule has 1 aromatic carbocycles. The predicted octanol–water partition coefficient (Wildman–Crippen LogP) is 2.39. The number of likely N-dealkylation sites (N-methyl/N-ethyl adjacent to an activating group) is 1. The molecule has 0 bridgehead atoms. The molecule has 0 spiro atoms. The summed E-state index contributed by atoms with van der Waals surface area (Å²) in [5, 5.41) is 3.00. The van der Waals surface area contributed by atoms with E-state index in [1.807, 2.05) is 38.1 Å². The molecule has 0 radical (unpaired) electrons. The molecule has 1 aromatic rings. The van der Waals surface area contributed by atoms with Gasteiger partial charge in [0.15, 0.2) is 0 Å². The molecular weight excluding hydrogens is 270 g/mol. The van der Waals surface area contributed by atoms with Crippen molar-refractivity contribution in [2.75, 3.05) is 20.8 Å². The molecule has 0 saturated heterocycles. The second-order valence-electron chi connectivity index (χ2n) is 5.11. The van der Waals surface area contributed by atoms with Crippen LogP contribution in [0.1, 0.15) is 27.2 Å². The van der Waals surface area contributed by atoms with Gasteiger partial charge in [0.2, 0.25) is 0 Å². The number of esters is 1. The monoisotopic (exact) mass is 295 g/mol. The van der Waals surface area contributed by atoms with Crippen LogP contribution in [0.5, 0.6) is 11.5 Å². The van der Waals surface area contributed by atoms with Crippen LogP contribution in [0.2, 0.25) is 0 Å². The number of rotatable bonds is 8. The quantitative estimate of drug-likeness (QED) is 0.746. The van der Waals surface area contributed by atoms with E-state index in [1.54, 1.807) is 14.0 Å². The van der Waals surface area contributed by atoms with Crippen LogP contribution in [0.15, 0.2) is 24.3 Å². The predicted molar refractivity (Wildman–Crippen MR) is 81.8 cm³/mol. The van der Waals surface area contributed by atoms with Crippen molar-refractivity contribution in [3.63, 3.8) is 0 Å². The number of ether oxygens (including phenoxy) is 3. The molecule has 0 aromatic heterocycles. The molecule has 2 atom stereocenters. The Kier molecular flexibility index (Phi) is 6.49. The van der Waals surface area contributed by atoms with Crippen molar-refractivity contribution in [3.8, 4) is 11.5 Å². The zero-order chi connectivity index (χ0) is 15.9. The Morgan fingerprint density at radius 3 is 2.62 bits per heavy atom. The fourth-order valence-corrected chi connectivity index (χ4v) is 2.17. The van der Waals surface area contributed by atoms with Crippen molar-refractivity contribution in [2.45, 2.75) is 38.8 Å². The van der Waals surface area contributed by atoms with E-state index in [9.17, 15) is 4.79 Å². The summed E-state index contributed by atoms with van der Waals surface area (Å²) in [4.78, 5) is 11.8. The van der Waals surface area contributed by atoms with Crippen LogP contribution in [-0.2, 0) is 9.53 Å². The van der Waals surface area contributed by atoms with Gasteiger partial charge in [0.1, 0.15) is 17.0 Å². The maximum atomic E-state index is 11.8. The summed E-state index contributed by atoms with van der Waals surface area (Å²) in [5.74, 6) is 1.19. The topological polar surface area (TPSA) is 56.8 Å². The molecule has 0 amide bonds. The van der Waals surface area contributed by atoms with Gasteiger partial charge in [0, 0.05) is 12.5 Å². The minimum absolute atomic E-state index is 0.154. The van der Waals surface area contributed by atoms with Gasteiger partial charge in [-0.15, -0.1) is 0 Å². The van der Waals surface area contributed by atoms with E-state index in [0.717, 1.165) is 11.5 Å². The van der Waals surface area contributed by atoms with Crippen LogP contribution in [-0.4, -0.2) is 38.4 Å². The first-order valence-corrected chi connectivity index (χ1v) is 7.12. The van der Waals surface area contributed by atoms with E-state index in [2.05, 4.69) is 5.32 Å². The average molecular weight is 295 g/mol. The minimum Gasteiger partial charge on any atom is -0.494 e. The summed E-state index contributed by atoms with van der Waals surface area (Å²) in [5.41, 5.74) is -0.772. The van der Waals surface area contributed by atoms with Crippen molar-refractivity contribution in [3.05, 3.63) is 24.3 Å². The zero-order valence-corrected chi connectivity index (χ0v) is 13.4. The molecule has 0 aliphatic heterocycles. The van der Waals surface area contributed by atoms with Crippen LogP contribution in [0.4, 0.5) is 0 Å². The highest BCUT2D eigenvalue weighted by atomic mass is 16.5. The van der Waals surface area contributed by atoms with Crippen molar-refractivity contribution >= 4 is 5.97 Å². The average Bonchev–Trinajstić information content (AvgIpc) is 2.46. The first-order chi connectivity index (χ1) is 9.95. The second-order valence-corrected chi connectivity index (χ2v) is 5.11. The van der Waals surface area contributed by atoms with Gasteiger partial charge in [-0.05, 0) is 40.0 Å². The lowest BCUT2D eigenvalue weighted by Crippen LogP contribution is -2.50. The molecule has 0 fully saturated rings. The van der Waals surface area contributed by atoms with Crippen molar-refractivity contribution in [2.24, 2.45) is 0 Å². The van der Waals surface area contributed by atoms with E-state index in [-0.39, 0.29) is 12.1 Å². The smallest absolute Gasteiger partial charge is 0.325 e. The molecule has 1 rings (SSSR count). The Labute approximate surface area is 126 Å². The summed E-state index contributed by atoms with van der Waals surface area (Å²) in [6.07, 6.45) is 0.341. The van der Waals surface area contributed by atoms with Gasteiger partial charge >= 0.3 is 5.97 Å². The molecule has 5 nitrogen and oxygen atoms in total. The number of hydrogen-bond acceptors (Lipinski definition) is 5. The number of carbonyl (C=O) groups excluding carboxylic acids is 1. The third-order valence-electron chi connectivity index (χ3n) is 3.34. The molecular formula is C16H25NO4. The van der Waals surface area contributed by atoms with Crippen molar-refractivity contribution in [1.82, 2.24) is 5.32 Å². The first kappa shape index (κ1) is 17.3. The molecule has 21 heavy (non-hydrogen) atoms. The molecule has 0 aliphatic rings. The highest BCUT2D eigenvalue weighted by molar-refractivity contribution is 5.80. The Bertz CT molecular complexity index is 463. The van der Waals surface area contributed by atoms with E-state index in [1.165, 1.54) is 7.11 Å². The van der Waals surface area contributed by atoms with E-state index >= 15 is 0 Å². The van der Waals surface area contributed by atoms with Gasteiger partial charge in [-0.3, -0.25) is 4.79 Å². The SMILES string of the molecule is CCOc1cccc(OC(C)CC(C)(NC)C(=O)OC)c1. The number of nitrogens with one attached hydrogen (secondary N) is 1. The molecule has 0 aliphatic carbocycles. The summed E-state index contributed by atoms with van der Waals surface area (Å²) in [6.45, 7) is 6.27. The van der Waals surface area contributed by atoms with Gasteiger partial charge in [-0.2, -0.15) is 0 Å². The third kappa shape index (κ3) is 4.93. The van der Waals surface area contributed by atoms with E-state index in [4.69, 9.17) is 14.2 Å². The van der Waals surface area contributed by atoms with Gasteiger partial charge < -0.3 is 19.5 Å². The molecule has 0 heterocycles. The van der Waals surface area contributed by atoms with Gasteiger partial charge in [0.25, 0.3) is 0 Å². The van der Waals surface area contributed by atoms with Gasteiger partial charge in [-0.25, -0.2) is 0 Å². The second kappa shape index (κ2) is 7.88. The summed E-state index contributed by atoms with van der Waals surface area (Å²) in [7, 11) is 3.12. The highest BCUT2D eigenvalue weighted by Gasteiger charge is 2.34. The number of benzene rings is 1. The zero-order valence-electron chi connectivity index (χ0n) is 13.4. The molecule has 118 valence electrons. The van der Waals surface area contributed by atoms with E-state index in [0.29, 0.717) is 13.0 Å². The largest absolute Gasteiger partial charge is 0.494 e. The van der Waals surface area contributed by atoms with Crippen molar-refractivity contribution < 1.29 is 19.0 Å². The molecule has 1 N–H and O–H groups in total. The van der Waals surface area contributed by atoms with Gasteiger partial charge in [0.05, 0.1) is 19.8 Å². The minimum atomic E-state index is -0.772. The van der Waals surface area contributed by atoms with Crippen LogP contribution in [0, 0.1) is 0 Å². The molecule has 5 heteroatoms.